The Labute approximate surface area is 158 Å². The van der Waals surface area contributed by atoms with E-state index in [1.807, 2.05) is 23.1 Å². The monoisotopic (exact) mass is 375 g/mol. The van der Waals surface area contributed by atoms with Gasteiger partial charge in [-0.15, -0.1) is 24.8 Å². The molecule has 1 saturated heterocycles. The van der Waals surface area contributed by atoms with Crippen molar-refractivity contribution in [2.75, 3.05) is 32.7 Å². The van der Waals surface area contributed by atoms with Gasteiger partial charge in [-0.2, -0.15) is 0 Å². The second-order valence-corrected chi connectivity index (χ2v) is 6.04. The number of amides is 1. The lowest BCUT2D eigenvalue weighted by atomic mass is 9.95. The van der Waals surface area contributed by atoms with E-state index in [1.165, 1.54) is 0 Å². The molecule has 0 aromatic heterocycles. The van der Waals surface area contributed by atoms with Gasteiger partial charge in [0.05, 0.1) is 0 Å². The van der Waals surface area contributed by atoms with E-state index in [-0.39, 0.29) is 36.8 Å². The van der Waals surface area contributed by atoms with Gasteiger partial charge in [-0.1, -0.05) is 44.2 Å². The lowest BCUT2D eigenvalue weighted by Crippen LogP contribution is -2.46. The average molecular weight is 376 g/mol. The summed E-state index contributed by atoms with van der Waals surface area (Å²) in [6, 6.07) is 9.99. The molecule has 1 aromatic carbocycles. The van der Waals surface area contributed by atoms with E-state index < -0.39 is 0 Å². The van der Waals surface area contributed by atoms with Crippen LogP contribution in [0.1, 0.15) is 38.3 Å². The first-order valence-electron chi connectivity index (χ1n) is 8.49. The van der Waals surface area contributed by atoms with Gasteiger partial charge >= 0.3 is 0 Å². The number of benzene rings is 1. The summed E-state index contributed by atoms with van der Waals surface area (Å²) in [6.45, 7) is 8.40. The molecule has 138 valence electrons. The van der Waals surface area contributed by atoms with Gasteiger partial charge in [-0.25, -0.2) is 0 Å². The quantitative estimate of drug-likeness (QED) is 0.830. The van der Waals surface area contributed by atoms with Gasteiger partial charge in [0.2, 0.25) is 5.91 Å². The molecule has 2 N–H and O–H groups in total. The molecule has 1 aromatic rings. The van der Waals surface area contributed by atoms with E-state index in [0.29, 0.717) is 5.92 Å². The lowest BCUT2D eigenvalue weighted by Gasteiger charge is -2.37. The van der Waals surface area contributed by atoms with Crippen LogP contribution in [0.25, 0.3) is 0 Å². The molecule has 0 saturated carbocycles. The minimum atomic E-state index is -0.161. The Kier molecular flexibility index (Phi) is 11.3. The predicted molar refractivity (Wildman–Crippen MR) is 105 cm³/mol. The molecule has 4 nitrogen and oxygen atoms in total. The Hall–Kier alpha value is -0.810. The van der Waals surface area contributed by atoms with Crippen LogP contribution in [-0.4, -0.2) is 48.4 Å². The first-order valence-corrected chi connectivity index (χ1v) is 8.49. The summed E-state index contributed by atoms with van der Waals surface area (Å²) in [5, 5.41) is 0. The molecule has 0 bridgehead atoms. The molecule has 1 fully saturated rings. The van der Waals surface area contributed by atoms with Gasteiger partial charge in [0.15, 0.2) is 0 Å². The zero-order valence-electron chi connectivity index (χ0n) is 14.7. The fraction of sp³-hybridized carbons (Fsp3) is 0.611. The highest BCUT2D eigenvalue weighted by Gasteiger charge is 2.31. The van der Waals surface area contributed by atoms with Gasteiger partial charge in [0, 0.05) is 13.1 Å². The topological polar surface area (TPSA) is 49.6 Å². The van der Waals surface area contributed by atoms with Crippen molar-refractivity contribution in [1.82, 2.24) is 9.80 Å². The molecule has 0 radical (unpaired) electrons. The third-order valence-electron chi connectivity index (χ3n) is 4.79. The second-order valence-electron chi connectivity index (χ2n) is 6.04. The number of piperidine rings is 1. The molecular formula is C18H31Cl2N3O. The SMILES string of the molecule is CCN(CC)C(C(=O)N1CCC(CN)CC1)c1ccccc1.Cl.Cl. The Balaban J connectivity index is 0.00000264. The number of rotatable bonds is 6. The number of halogens is 2. The van der Waals surface area contributed by atoms with Crippen LogP contribution in [0, 0.1) is 5.92 Å². The van der Waals surface area contributed by atoms with Gasteiger partial charge in [-0.3, -0.25) is 9.69 Å². The van der Waals surface area contributed by atoms with E-state index >= 15 is 0 Å². The number of likely N-dealkylation sites (tertiary alicyclic amines) is 1. The number of carbonyl (C=O) groups is 1. The summed E-state index contributed by atoms with van der Waals surface area (Å²) in [6.07, 6.45) is 2.06. The van der Waals surface area contributed by atoms with Crippen LogP contribution in [0.3, 0.4) is 0 Å². The number of hydrogen-bond acceptors (Lipinski definition) is 3. The summed E-state index contributed by atoms with van der Waals surface area (Å²) in [7, 11) is 0. The molecule has 0 spiro atoms. The van der Waals surface area contributed by atoms with Crippen LogP contribution in [0.2, 0.25) is 0 Å². The highest BCUT2D eigenvalue weighted by molar-refractivity contribution is 5.85. The first kappa shape index (κ1) is 23.2. The second kappa shape index (κ2) is 11.7. The highest BCUT2D eigenvalue weighted by atomic mass is 35.5. The summed E-state index contributed by atoms with van der Waals surface area (Å²) in [5.74, 6) is 0.818. The van der Waals surface area contributed by atoms with Crippen molar-refractivity contribution >= 4 is 30.7 Å². The first-order chi connectivity index (χ1) is 10.7. The molecular weight excluding hydrogens is 345 g/mol. The van der Waals surface area contributed by atoms with Crippen LogP contribution in [-0.2, 0) is 4.79 Å². The Bertz CT molecular complexity index is 461. The molecule has 1 aliphatic rings. The van der Waals surface area contributed by atoms with Crippen LogP contribution in [0.5, 0.6) is 0 Å². The average Bonchev–Trinajstić information content (AvgIpc) is 2.60. The fourth-order valence-corrected chi connectivity index (χ4v) is 3.30. The van der Waals surface area contributed by atoms with Crippen LogP contribution < -0.4 is 5.73 Å². The van der Waals surface area contributed by atoms with Crippen molar-refractivity contribution in [3.05, 3.63) is 35.9 Å². The summed E-state index contributed by atoms with van der Waals surface area (Å²) in [4.78, 5) is 17.4. The maximum atomic E-state index is 13.1. The third kappa shape index (κ3) is 5.62. The van der Waals surface area contributed by atoms with E-state index in [0.717, 1.165) is 51.1 Å². The van der Waals surface area contributed by atoms with E-state index in [1.54, 1.807) is 0 Å². The standard InChI is InChI=1S/C18H29N3O.2ClH/c1-3-20(4-2)17(16-8-6-5-7-9-16)18(22)21-12-10-15(14-19)11-13-21;;/h5-9,15,17H,3-4,10-14,19H2,1-2H3;2*1H. The number of likely N-dealkylation sites (N-methyl/N-ethyl adjacent to an activating group) is 1. The normalized spacial score (nSPS) is 16.2. The van der Waals surface area contributed by atoms with Gasteiger partial charge in [0.25, 0.3) is 0 Å². The van der Waals surface area contributed by atoms with Crippen molar-refractivity contribution < 1.29 is 4.79 Å². The maximum absolute atomic E-state index is 13.1. The van der Waals surface area contributed by atoms with E-state index in [4.69, 9.17) is 5.73 Å². The molecule has 1 atom stereocenters. The van der Waals surface area contributed by atoms with E-state index in [9.17, 15) is 4.79 Å². The molecule has 1 unspecified atom stereocenters. The van der Waals surface area contributed by atoms with Crippen LogP contribution >= 0.6 is 24.8 Å². The minimum absolute atomic E-state index is 0. The molecule has 2 rings (SSSR count). The number of nitrogens with zero attached hydrogens (tertiary/aromatic N) is 2. The summed E-state index contributed by atoms with van der Waals surface area (Å²) < 4.78 is 0. The Morgan fingerprint density at radius 2 is 1.71 bits per heavy atom. The van der Waals surface area contributed by atoms with Crippen LogP contribution in [0.4, 0.5) is 0 Å². The maximum Gasteiger partial charge on any atom is 0.244 e. The molecule has 1 amide bonds. The van der Waals surface area contributed by atoms with Crippen molar-refractivity contribution in [3.8, 4) is 0 Å². The Morgan fingerprint density at radius 1 is 1.17 bits per heavy atom. The van der Waals surface area contributed by atoms with Gasteiger partial charge in [-0.05, 0) is 44.0 Å². The van der Waals surface area contributed by atoms with Crippen molar-refractivity contribution in [2.45, 2.75) is 32.7 Å². The van der Waals surface area contributed by atoms with Crippen molar-refractivity contribution in [2.24, 2.45) is 11.7 Å². The zero-order valence-corrected chi connectivity index (χ0v) is 16.3. The van der Waals surface area contributed by atoms with Crippen LogP contribution in [0.15, 0.2) is 30.3 Å². The smallest absolute Gasteiger partial charge is 0.244 e. The lowest BCUT2D eigenvalue weighted by molar-refractivity contribution is -0.138. The molecule has 24 heavy (non-hydrogen) atoms. The molecule has 0 aliphatic carbocycles. The Morgan fingerprint density at radius 3 is 2.17 bits per heavy atom. The van der Waals surface area contributed by atoms with Crippen molar-refractivity contribution in [3.63, 3.8) is 0 Å². The minimum Gasteiger partial charge on any atom is -0.341 e. The molecule has 6 heteroatoms. The fourth-order valence-electron chi connectivity index (χ4n) is 3.30. The predicted octanol–water partition coefficient (Wildman–Crippen LogP) is 3.11. The van der Waals surface area contributed by atoms with Gasteiger partial charge in [0.1, 0.15) is 6.04 Å². The molecule has 1 heterocycles. The molecule has 1 aliphatic heterocycles. The number of nitrogens with two attached hydrogens (primary N) is 1. The highest BCUT2D eigenvalue weighted by Crippen LogP contribution is 2.25. The zero-order chi connectivity index (χ0) is 15.9. The van der Waals surface area contributed by atoms with Crippen molar-refractivity contribution in [1.29, 1.82) is 0 Å². The summed E-state index contributed by atoms with van der Waals surface area (Å²) in [5.41, 5.74) is 6.85. The number of carbonyl (C=O) groups excluding carboxylic acids is 1. The number of hydrogen-bond donors (Lipinski definition) is 1. The summed E-state index contributed by atoms with van der Waals surface area (Å²) >= 11 is 0. The van der Waals surface area contributed by atoms with E-state index in [2.05, 4.69) is 30.9 Å². The largest absolute Gasteiger partial charge is 0.341 e. The third-order valence-corrected chi connectivity index (χ3v) is 4.79. The van der Waals surface area contributed by atoms with Gasteiger partial charge < -0.3 is 10.6 Å².